The number of carbonyl (C=O) groups excluding carboxylic acids is 2. The van der Waals surface area contributed by atoms with Gasteiger partial charge in [0.05, 0.1) is 0 Å². The number of hydrogen-bond donors (Lipinski definition) is 3. The number of primary amides is 1. The van der Waals surface area contributed by atoms with Crippen molar-refractivity contribution >= 4 is 23.7 Å². The van der Waals surface area contributed by atoms with Crippen molar-refractivity contribution in [3.05, 3.63) is 0 Å². The zero-order valence-corrected chi connectivity index (χ0v) is 11.7. The SMILES string of the molecule is CSCCC(NC(N)=O)C(=O)NC1CCCCC1. The van der Waals surface area contributed by atoms with Gasteiger partial charge in [-0.05, 0) is 31.3 Å². The lowest BCUT2D eigenvalue weighted by Gasteiger charge is -2.25. The van der Waals surface area contributed by atoms with E-state index in [0.717, 1.165) is 18.6 Å². The van der Waals surface area contributed by atoms with Crippen molar-refractivity contribution in [2.24, 2.45) is 5.73 Å². The van der Waals surface area contributed by atoms with Crippen LogP contribution in [0.3, 0.4) is 0 Å². The molecular formula is C12H23N3O2S. The highest BCUT2D eigenvalue weighted by atomic mass is 32.2. The van der Waals surface area contributed by atoms with Gasteiger partial charge in [-0.1, -0.05) is 19.3 Å². The Hall–Kier alpha value is -0.910. The molecule has 1 aliphatic rings. The van der Waals surface area contributed by atoms with Crippen LogP contribution in [0, 0.1) is 0 Å². The molecule has 0 spiro atoms. The summed E-state index contributed by atoms with van der Waals surface area (Å²) >= 11 is 1.65. The predicted molar refractivity (Wildman–Crippen MR) is 74.5 cm³/mol. The molecule has 0 aromatic carbocycles. The molecule has 18 heavy (non-hydrogen) atoms. The summed E-state index contributed by atoms with van der Waals surface area (Å²) in [6, 6.07) is -0.880. The Morgan fingerprint density at radius 1 is 1.33 bits per heavy atom. The first-order valence-electron chi connectivity index (χ1n) is 6.48. The van der Waals surface area contributed by atoms with Crippen LogP contribution in [0.4, 0.5) is 4.79 Å². The summed E-state index contributed by atoms with van der Waals surface area (Å²) in [6.45, 7) is 0. The smallest absolute Gasteiger partial charge is 0.312 e. The third kappa shape index (κ3) is 5.62. The molecular weight excluding hydrogens is 250 g/mol. The minimum absolute atomic E-state index is 0.102. The Balaban J connectivity index is 2.43. The third-order valence-corrected chi connectivity index (χ3v) is 3.84. The lowest BCUT2D eigenvalue weighted by Crippen LogP contribution is -2.51. The minimum atomic E-state index is -0.639. The topological polar surface area (TPSA) is 84.2 Å². The molecule has 0 bridgehead atoms. The number of carbonyl (C=O) groups is 2. The highest BCUT2D eigenvalue weighted by Crippen LogP contribution is 2.17. The van der Waals surface area contributed by atoms with E-state index in [1.54, 1.807) is 11.8 Å². The molecule has 0 heterocycles. The largest absolute Gasteiger partial charge is 0.352 e. The van der Waals surface area contributed by atoms with Gasteiger partial charge in [-0.2, -0.15) is 11.8 Å². The van der Waals surface area contributed by atoms with Gasteiger partial charge in [0.2, 0.25) is 5.91 Å². The average molecular weight is 273 g/mol. The summed E-state index contributed by atoms with van der Waals surface area (Å²) in [5.74, 6) is 0.720. The number of amides is 3. The van der Waals surface area contributed by atoms with E-state index in [9.17, 15) is 9.59 Å². The molecule has 0 aromatic heterocycles. The predicted octanol–water partition coefficient (Wildman–Crippen LogP) is 1.23. The lowest BCUT2D eigenvalue weighted by molar-refractivity contribution is -0.123. The average Bonchev–Trinajstić information content (AvgIpc) is 2.35. The van der Waals surface area contributed by atoms with Crippen molar-refractivity contribution in [2.75, 3.05) is 12.0 Å². The van der Waals surface area contributed by atoms with Crippen LogP contribution in [0.1, 0.15) is 38.5 Å². The van der Waals surface area contributed by atoms with E-state index in [-0.39, 0.29) is 11.9 Å². The van der Waals surface area contributed by atoms with Crippen LogP contribution in [-0.2, 0) is 4.79 Å². The van der Waals surface area contributed by atoms with Gasteiger partial charge in [-0.25, -0.2) is 4.79 Å². The Bertz CT molecular complexity index is 280. The van der Waals surface area contributed by atoms with Crippen LogP contribution >= 0.6 is 11.8 Å². The Kier molecular flexibility index (Phi) is 6.93. The van der Waals surface area contributed by atoms with Crippen LogP contribution in [0.2, 0.25) is 0 Å². The molecule has 0 radical (unpaired) electrons. The maximum atomic E-state index is 12.1. The van der Waals surface area contributed by atoms with Gasteiger partial charge in [-0.15, -0.1) is 0 Å². The van der Waals surface area contributed by atoms with Crippen molar-refractivity contribution in [3.63, 3.8) is 0 Å². The number of rotatable bonds is 6. The van der Waals surface area contributed by atoms with Gasteiger partial charge in [0.1, 0.15) is 6.04 Å². The molecule has 3 amide bonds. The highest BCUT2D eigenvalue weighted by molar-refractivity contribution is 7.98. The Morgan fingerprint density at radius 3 is 2.56 bits per heavy atom. The zero-order valence-electron chi connectivity index (χ0n) is 10.9. The molecule has 1 atom stereocenters. The second kappa shape index (κ2) is 8.24. The van der Waals surface area contributed by atoms with Crippen LogP contribution < -0.4 is 16.4 Å². The maximum absolute atomic E-state index is 12.1. The number of hydrogen-bond acceptors (Lipinski definition) is 3. The standard InChI is InChI=1S/C12H23N3O2S/c1-18-8-7-10(15-12(13)17)11(16)14-9-5-3-2-4-6-9/h9-10H,2-8H2,1H3,(H,14,16)(H3,13,15,17). The van der Waals surface area contributed by atoms with E-state index < -0.39 is 12.1 Å². The van der Waals surface area contributed by atoms with E-state index in [2.05, 4.69) is 10.6 Å². The van der Waals surface area contributed by atoms with Crippen molar-refractivity contribution < 1.29 is 9.59 Å². The van der Waals surface area contributed by atoms with Crippen molar-refractivity contribution in [3.8, 4) is 0 Å². The number of nitrogens with two attached hydrogens (primary N) is 1. The van der Waals surface area contributed by atoms with Gasteiger partial charge in [-0.3, -0.25) is 4.79 Å². The lowest BCUT2D eigenvalue weighted by atomic mass is 9.95. The third-order valence-electron chi connectivity index (χ3n) is 3.20. The van der Waals surface area contributed by atoms with E-state index in [1.807, 2.05) is 6.26 Å². The summed E-state index contributed by atoms with van der Waals surface area (Å²) in [7, 11) is 0. The first-order chi connectivity index (χ1) is 8.63. The second-order valence-electron chi connectivity index (χ2n) is 4.69. The van der Waals surface area contributed by atoms with Gasteiger partial charge in [0.25, 0.3) is 0 Å². The molecule has 0 aliphatic heterocycles. The fraction of sp³-hybridized carbons (Fsp3) is 0.833. The van der Waals surface area contributed by atoms with Gasteiger partial charge in [0.15, 0.2) is 0 Å². The monoisotopic (exact) mass is 273 g/mol. The van der Waals surface area contributed by atoms with Crippen LogP contribution in [0.5, 0.6) is 0 Å². The summed E-state index contributed by atoms with van der Waals surface area (Å²) in [5, 5.41) is 5.53. The fourth-order valence-corrected chi connectivity index (χ4v) is 2.70. The fourth-order valence-electron chi connectivity index (χ4n) is 2.22. The minimum Gasteiger partial charge on any atom is -0.352 e. The summed E-state index contributed by atoms with van der Waals surface area (Å²) in [6.07, 6.45) is 8.26. The molecule has 1 unspecified atom stereocenters. The first-order valence-corrected chi connectivity index (χ1v) is 7.88. The quantitative estimate of drug-likeness (QED) is 0.680. The normalized spacial score (nSPS) is 18.1. The van der Waals surface area contributed by atoms with Gasteiger partial charge in [0, 0.05) is 6.04 Å². The molecule has 104 valence electrons. The molecule has 0 saturated heterocycles. The van der Waals surface area contributed by atoms with Crippen molar-refractivity contribution in [2.45, 2.75) is 50.6 Å². The molecule has 4 N–H and O–H groups in total. The van der Waals surface area contributed by atoms with Crippen LogP contribution in [0.25, 0.3) is 0 Å². The second-order valence-corrected chi connectivity index (χ2v) is 5.67. The zero-order chi connectivity index (χ0) is 13.4. The molecule has 6 heteroatoms. The summed E-state index contributed by atoms with van der Waals surface area (Å²) < 4.78 is 0. The van der Waals surface area contributed by atoms with E-state index in [1.165, 1.54) is 19.3 Å². The number of urea groups is 1. The molecule has 0 aromatic rings. The highest BCUT2D eigenvalue weighted by Gasteiger charge is 2.23. The number of thioether (sulfide) groups is 1. The van der Waals surface area contributed by atoms with E-state index >= 15 is 0 Å². The van der Waals surface area contributed by atoms with Crippen molar-refractivity contribution in [1.29, 1.82) is 0 Å². The summed E-state index contributed by atoms with van der Waals surface area (Å²) in [5.41, 5.74) is 5.10. The Morgan fingerprint density at radius 2 is 2.00 bits per heavy atom. The molecule has 1 aliphatic carbocycles. The summed E-state index contributed by atoms with van der Waals surface area (Å²) in [4.78, 5) is 23.0. The van der Waals surface area contributed by atoms with Crippen LogP contribution in [0.15, 0.2) is 0 Å². The van der Waals surface area contributed by atoms with E-state index in [4.69, 9.17) is 5.73 Å². The van der Waals surface area contributed by atoms with Gasteiger partial charge < -0.3 is 16.4 Å². The molecule has 1 saturated carbocycles. The van der Waals surface area contributed by atoms with Crippen LogP contribution in [-0.4, -0.2) is 36.0 Å². The van der Waals surface area contributed by atoms with E-state index in [0.29, 0.717) is 6.42 Å². The van der Waals surface area contributed by atoms with Gasteiger partial charge >= 0.3 is 6.03 Å². The molecule has 1 rings (SSSR count). The van der Waals surface area contributed by atoms with Crippen molar-refractivity contribution in [1.82, 2.24) is 10.6 Å². The number of nitrogens with one attached hydrogen (secondary N) is 2. The molecule has 5 nitrogen and oxygen atoms in total. The maximum Gasteiger partial charge on any atom is 0.312 e. The Labute approximate surface area is 113 Å². The molecule has 1 fully saturated rings. The first kappa shape index (κ1) is 15.1.